The first-order chi connectivity index (χ1) is 13.5. The Morgan fingerprint density at radius 3 is 2.82 bits per heavy atom. The number of hydrogen-bond donors (Lipinski definition) is 4. The summed E-state index contributed by atoms with van der Waals surface area (Å²) < 4.78 is 20.1. The van der Waals surface area contributed by atoms with Crippen LogP contribution in [0.5, 0.6) is 11.5 Å². The Labute approximate surface area is 161 Å². The lowest BCUT2D eigenvalue weighted by atomic mass is 10.1. The van der Waals surface area contributed by atoms with E-state index in [-0.39, 0.29) is 36.8 Å². The van der Waals surface area contributed by atoms with Gasteiger partial charge >= 0.3 is 0 Å². The van der Waals surface area contributed by atoms with Crippen LogP contribution in [-0.2, 0) is 4.79 Å². The number of ether oxygens (including phenoxy) is 1. The first-order valence-corrected chi connectivity index (χ1v) is 9.01. The van der Waals surface area contributed by atoms with Gasteiger partial charge in [0.25, 0.3) is 0 Å². The van der Waals surface area contributed by atoms with Crippen molar-refractivity contribution in [1.82, 2.24) is 15.3 Å². The van der Waals surface area contributed by atoms with Crippen molar-refractivity contribution in [2.75, 3.05) is 18.5 Å². The third-order valence-electron chi connectivity index (χ3n) is 4.38. The second kappa shape index (κ2) is 8.81. The van der Waals surface area contributed by atoms with Crippen molar-refractivity contribution in [2.24, 2.45) is 5.92 Å². The lowest BCUT2D eigenvalue weighted by Gasteiger charge is -2.19. The normalized spacial score (nSPS) is 12.3. The molecule has 0 spiro atoms. The molecule has 0 radical (unpaired) electrons. The standard InChI is InChI=1S/C20H23FN4O3/c1-12(2)16(11-26)24-10-19(27)25-13-3-4-18(15(21)9-13)28-17-6-8-23-20-14(17)5-7-22-20/h3-9,12,16,24,26H,10-11H2,1-2H3,(H,22,23)(H,25,27)/t16-/m0/s1. The number of nitrogens with zero attached hydrogens (tertiary/aromatic N) is 1. The van der Waals surface area contributed by atoms with Crippen molar-refractivity contribution in [2.45, 2.75) is 19.9 Å². The minimum absolute atomic E-state index is 0.0196. The van der Waals surface area contributed by atoms with Gasteiger partial charge < -0.3 is 25.5 Å². The smallest absolute Gasteiger partial charge is 0.238 e. The SMILES string of the molecule is CC(C)[C@H](CO)NCC(=O)Nc1ccc(Oc2ccnc3[nH]ccc23)c(F)c1. The second-order valence-electron chi connectivity index (χ2n) is 6.76. The number of aromatic nitrogens is 2. The molecular formula is C20H23FN4O3. The molecule has 1 amide bonds. The number of nitrogens with one attached hydrogen (secondary N) is 3. The van der Waals surface area contributed by atoms with Crippen LogP contribution >= 0.6 is 0 Å². The van der Waals surface area contributed by atoms with Crippen LogP contribution in [0.2, 0.25) is 0 Å². The molecule has 0 aliphatic carbocycles. The van der Waals surface area contributed by atoms with E-state index < -0.39 is 5.82 Å². The number of benzene rings is 1. The highest BCUT2D eigenvalue weighted by Crippen LogP contribution is 2.30. The molecule has 3 rings (SSSR count). The molecule has 4 N–H and O–H groups in total. The Bertz CT molecular complexity index is 958. The van der Waals surface area contributed by atoms with Gasteiger partial charge in [-0.05, 0) is 30.2 Å². The predicted molar refractivity (Wildman–Crippen MR) is 105 cm³/mol. The van der Waals surface area contributed by atoms with Crippen LogP contribution in [0.25, 0.3) is 11.0 Å². The summed E-state index contributed by atoms with van der Waals surface area (Å²) in [6.45, 7) is 3.86. The molecule has 2 aromatic heterocycles. The fraction of sp³-hybridized carbons (Fsp3) is 0.300. The maximum absolute atomic E-state index is 14.4. The number of fused-ring (bicyclic) bond motifs is 1. The number of rotatable bonds is 8. The van der Waals surface area contributed by atoms with Gasteiger partial charge in [0.05, 0.1) is 18.5 Å². The topological polar surface area (TPSA) is 99.3 Å². The summed E-state index contributed by atoms with van der Waals surface area (Å²) in [6, 6.07) is 7.51. The number of aliphatic hydroxyl groups excluding tert-OH is 1. The van der Waals surface area contributed by atoms with Gasteiger partial charge in [-0.2, -0.15) is 0 Å². The Morgan fingerprint density at radius 2 is 2.11 bits per heavy atom. The van der Waals surface area contributed by atoms with Gasteiger partial charge in [0, 0.05) is 30.2 Å². The zero-order chi connectivity index (χ0) is 20.1. The zero-order valence-electron chi connectivity index (χ0n) is 15.7. The van der Waals surface area contributed by atoms with E-state index in [0.29, 0.717) is 17.1 Å². The molecule has 0 saturated heterocycles. The first kappa shape index (κ1) is 19.8. The molecule has 28 heavy (non-hydrogen) atoms. The van der Waals surface area contributed by atoms with Crippen LogP contribution in [0, 0.1) is 11.7 Å². The quantitative estimate of drug-likeness (QED) is 0.477. The Morgan fingerprint density at radius 1 is 1.29 bits per heavy atom. The number of hydrogen-bond acceptors (Lipinski definition) is 5. The molecule has 8 heteroatoms. The van der Waals surface area contributed by atoms with E-state index >= 15 is 0 Å². The number of carbonyl (C=O) groups is 1. The number of aromatic amines is 1. The molecule has 0 unspecified atom stereocenters. The maximum atomic E-state index is 14.4. The highest BCUT2D eigenvalue weighted by atomic mass is 19.1. The minimum atomic E-state index is -0.596. The number of anilines is 1. The van der Waals surface area contributed by atoms with Crippen LogP contribution in [-0.4, -0.2) is 40.2 Å². The third-order valence-corrected chi connectivity index (χ3v) is 4.38. The molecular weight excluding hydrogens is 363 g/mol. The van der Waals surface area contributed by atoms with E-state index in [9.17, 15) is 14.3 Å². The number of carbonyl (C=O) groups excluding carboxylic acids is 1. The fourth-order valence-corrected chi connectivity index (χ4v) is 2.74. The number of H-pyrrole nitrogens is 1. The number of halogens is 1. The fourth-order valence-electron chi connectivity index (χ4n) is 2.74. The van der Waals surface area contributed by atoms with Crippen molar-refractivity contribution in [3.63, 3.8) is 0 Å². The monoisotopic (exact) mass is 386 g/mol. The number of aliphatic hydroxyl groups is 1. The summed E-state index contributed by atoms with van der Waals surface area (Å²) >= 11 is 0. The zero-order valence-corrected chi connectivity index (χ0v) is 15.7. The minimum Gasteiger partial charge on any atom is -0.453 e. The summed E-state index contributed by atoms with van der Waals surface area (Å²) in [7, 11) is 0. The van der Waals surface area contributed by atoms with Crippen molar-refractivity contribution in [1.29, 1.82) is 0 Å². The molecule has 7 nitrogen and oxygen atoms in total. The molecule has 2 heterocycles. The van der Waals surface area contributed by atoms with E-state index in [0.717, 1.165) is 5.39 Å². The number of amides is 1. The van der Waals surface area contributed by atoms with Crippen molar-refractivity contribution in [3.05, 3.63) is 48.5 Å². The van der Waals surface area contributed by atoms with Gasteiger partial charge in [0.1, 0.15) is 11.4 Å². The van der Waals surface area contributed by atoms with E-state index in [4.69, 9.17) is 4.74 Å². The van der Waals surface area contributed by atoms with E-state index in [2.05, 4.69) is 20.6 Å². The van der Waals surface area contributed by atoms with Crippen LogP contribution in [0.3, 0.4) is 0 Å². The van der Waals surface area contributed by atoms with Crippen molar-refractivity contribution < 1.29 is 19.0 Å². The van der Waals surface area contributed by atoms with Gasteiger partial charge in [-0.25, -0.2) is 9.37 Å². The van der Waals surface area contributed by atoms with E-state index in [1.54, 1.807) is 30.6 Å². The average molecular weight is 386 g/mol. The highest BCUT2D eigenvalue weighted by Gasteiger charge is 2.14. The third kappa shape index (κ3) is 4.65. The van der Waals surface area contributed by atoms with Crippen LogP contribution in [0.4, 0.5) is 10.1 Å². The predicted octanol–water partition coefficient (Wildman–Crippen LogP) is 3.04. The first-order valence-electron chi connectivity index (χ1n) is 9.01. The molecule has 1 aromatic carbocycles. The lowest BCUT2D eigenvalue weighted by molar-refractivity contribution is -0.115. The van der Waals surface area contributed by atoms with E-state index in [1.165, 1.54) is 12.1 Å². The van der Waals surface area contributed by atoms with Crippen molar-refractivity contribution in [3.8, 4) is 11.5 Å². The molecule has 1 atom stereocenters. The van der Waals surface area contributed by atoms with Crippen LogP contribution < -0.4 is 15.4 Å². The summed E-state index contributed by atoms with van der Waals surface area (Å²) in [5.74, 6) is -0.205. The molecule has 0 aliphatic heterocycles. The van der Waals surface area contributed by atoms with Crippen LogP contribution in [0.1, 0.15) is 13.8 Å². The average Bonchev–Trinajstić information content (AvgIpc) is 3.14. The summed E-state index contributed by atoms with van der Waals surface area (Å²) in [5, 5.41) is 15.6. The summed E-state index contributed by atoms with van der Waals surface area (Å²) in [4.78, 5) is 19.2. The highest BCUT2D eigenvalue weighted by molar-refractivity contribution is 5.92. The largest absolute Gasteiger partial charge is 0.453 e. The van der Waals surface area contributed by atoms with E-state index in [1.807, 2.05) is 13.8 Å². The molecule has 0 aliphatic rings. The van der Waals surface area contributed by atoms with Crippen molar-refractivity contribution >= 4 is 22.6 Å². The summed E-state index contributed by atoms with van der Waals surface area (Å²) in [5.41, 5.74) is 0.972. The molecule has 0 fully saturated rings. The Hall–Kier alpha value is -2.97. The molecule has 0 bridgehead atoms. The van der Waals surface area contributed by atoms with Gasteiger partial charge in [0.2, 0.25) is 5.91 Å². The molecule has 0 saturated carbocycles. The van der Waals surface area contributed by atoms with Gasteiger partial charge in [-0.3, -0.25) is 4.79 Å². The van der Waals surface area contributed by atoms with Gasteiger partial charge in [0.15, 0.2) is 11.6 Å². The van der Waals surface area contributed by atoms with Gasteiger partial charge in [-0.15, -0.1) is 0 Å². The second-order valence-corrected chi connectivity index (χ2v) is 6.76. The lowest BCUT2D eigenvalue weighted by Crippen LogP contribution is -2.41. The number of pyridine rings is 1. The Balaban J connectivity index is 1.64. The maximum Gasteiger partial charge on any atom is 0.238 e. The Kier molecular flexibility index (Phi) is 6.23. The van der Waals surface area contributed by atoms with Gasteiger partial charge in [-0.1, -0.05) is 13.8 Å². The molecule has 148 valence electrons. The summed E-state index contributed by atoms with van der Waals surface area (Å²) in [6.07, 6.45) is 3.30. The molecule has 3 aromatic rings. The van der Waals surface area contributed by atoms with Crippen LogP contribution in [0.15, 0.2) is 42.7 Å².